The lowest BCUT2D eigenvalue weighted by Crippen LogP contribution is -2.29. The Hall–Kier alpha value is -0.610. The molecule has 0 aromatic carbocycles. The van der Waals surface area contributed by atoms with E-state index in [0.29, 0.717) is 0 Å². The standard InChI is InChI=1S/C21H42O4/c1-3-5-7-9-11-13-15-19(16-14-12-10-8-6-4-2)21(24)25-20(17-22)18-23/h19-20,22-23H,3-18H2,1-2H3. The van der Waals surface area contributed by atoms with Crippen molar-refractivity contribution in [3.8, 4) is 0 Å². The molecule has 0 aliphatic heterocycles. The Morgan fingerprint density at radius 1 is 0.720 bits per heavy atom. The maximum Gasteiger partial charge on any atom is 0.309 e. The summed E-state index contributed by atoms with van der Waals surface area (Å²) in [5.74, 6) is -0.326. The highest BCUT2D eigenvalue weighted by Gasteiger charge is 2.22. The second-order valence-electron chi connectivity index (χ2n) is 7.23. The van der Waals surface area contributed by atoms with Gasteiger partial charge in [0.1, 0.15) is 6.10 Å². The fourth-order valence-electron chi connectivity index (χ4n) is 3.11. The normalized spacial score (nSPS) is 11.4. The molecule has 0 bridgehead atoms. The maximum absolute atomic E-state index is 12.4. The van der Waals surface area contributed by atoms with Gasteiger partial charge in [0.2, 0.25) is 0 Å². The van der Waals surface area contributed by atoms with Crippen LogP contribution >= 0.6 is 0 Å². The van der Waals surface area contributed by atoms with E-state index in [1.54, 1.807) is 0 Å². The molecule has 0 aromatic rings. The van der Waals surface area contributed by atoms with Gasteiger partial charge in [-0.05, 0) is 12.8 Å². The van der Waals surface area contributed by atoms with Crippen LogP contribution in [0.5, 0.6) is 0 Å². The maximum atomic E-state index is 12.4. The van der Waals surface area contributed by atoms with Crippen molar-refractivity contribution < 1.29 is 19.7 Å². The van der Waals surface area contributed by atoms with Crippen LogP contribution in [0.4, 0.5) is 0 Å². The molecule has 0 saturated heterocycles. The molecule has 4 heteroatoms. The first kappa shape index (κ1) is 24.4. The monoisotopic (exact) mass is 358 g/mol. The highest BCUT2D eigenvalue weighted by molar-refractivity contribution is 5.72. The van der Waals surface area contributed by atoms with Crippen molar-refractivity contribution in [2.45, 2.75) is 110 Å². The van der Waals surface area contributed by atoms with Gasteiger partial charge in [0.15, 0.2) is 0 Å². The summed E-state index contributed by atoms with van der Waals surface area (Å²) in [6.07, 6.45) is 15.5. The second kappa shape index (κ2) is 18.2. The first-order chi connectivity index (χ1) is 12.2. The van der Waals surface area contributed by atoms with Gasteiger partial charge in [0.05, 0.1) is 19.1 Å². The Morgan fingerprint density at radius 2 is 1.12 bits per heavy atom. The number of esters is 1. The first-order valence-electron chi connectivity index (χ1n) is 10.6. The van der Waals surface area contributed by atoms with E-state index in [2.05, 4.69) is 13.8 Å². The van der Waals surface area contributed by atoms with E-state index in [4.69, 9.17) is 14.9 Å². The van der Waals surface area contributed by atoms with E-state index in [0.717, 1.165) is 25.7 Å². The SMILES string of the molecule is CCCCCCCCC(CCCCCCCC)C(=O)OC(CO)CO. The van der Waals surface area contributed by atoms with Crippen LogP contribution in [0.25, 0.3) is 0 Å². The Bertz CT molecular complexity index is 274. The van der Waals surface area contributed by atoms with E-state index in [9.17, 15) is 4.79 Å². The molecule has 150 valence electrons. The molecule has 0 fully saturated rings. The number of aliphatic hydroxyl groups excluding tert-OH is 2. The molecule has 0 unspecified atom stereocenters. The van der Waals surface area contributed by atoms with Gasteiger partial charge in [-0.3, -0.25) is 4.79 Å². The van der Waals surface area contributed by atoms with E-state index in [-0.39, 0.29) is 25.1 Å². The molecule has 4 nitrogen and oxygen atoms in total. The Balaban J connectivity index is 4.17. The number of ether oxygens (including phenoxy) is 1. The molecule has 0 heterocycles. The first-order valence-corrected chi connectivity index (χ1v) is 10.6. The quantitative estimate of drug-likeness (QED) is 0.267. The summed E-state index contributed by atoms with van der Waals surface area (Å²) in [6, 6.07) is 0. The highest BCUT2D eigenvalue weighted by atomic mass is 16.6. The van der Waals surface area contributed by atoms with Gasteiger partial charge in [0.25, 0.3) is 0 Å². The van der Waals surface area contributed by atoms with Gasteiger partial charge in [0, 0.05) is 0 Å². The Morgan fingerprint density at radius 3 is 1.52 bits per heavy atom. The third kappa shape index (κ3) is 14.3. The summed E-state index contributed by atoms with van der Waals surface area (Å²) < 4.78 is 5.26. The number of rotatable bonds is 18. The van der Waals surface area contributed by atoms with Crippen LogP contribution in [0.15, 0.2) is 0 Å². The second-order valence-corrected chi connectivity index (χ2v) is 7.23. The third-order valence-corrected chi connectivity index (χ3v) is 4.84. The lowest BCUT2D eigenvalue weighted by molar-refractivity contribution is -0.159. The molecule has 0 aliphatic rings. The van der Waals surface area contributed by atoms with Crippen molar-refractivity contribution in [1.29, 1.82) is 0 Å². The van der Waals surface area contributed by atoms with E-state index < -0.39 is 6.10 Å². The average Bonchev–Trinajstić information content (AvgIpc) is 2.63. The van der Waals surface area contributed by atoms with Crippen LogP contribution in [0, 0.1) is 5.92 Å². The minimum absolute atomic E-state index is 0.0852. The topological polar surface area (TPSA) is 66.8 Å². The van der Waals surface area contributed by atoms with Crippen LogP contribution in [0.3, 0.4) is 0 Å². The van der Waals surface area contributed by atoms with Crippen LogP contribution in [0.2, 0.25) is 0 Å². The van der Waals surface area contributed by atoms with Crippen molar-refractivity contribution in [3.05, 3.63) is 0 Å². The van der Waals surface area contributed by atoms with Crippen molar-refractivity contribution >= 4 is 5.97 Å². The summed E-state index contributed by atoms with van der Waals surface area (Å²) in [7, 11) is 0. The molecular weight excluding hydrogens is 316 g/mol. The molecule has 0 radical (unpaired) electrons. The lowest BCUT2D eigenvalue weighted by Gasteiger charge is -2.19. The van der Waals surface area contributed by atoms with Crippen LogP contribution in [-0.2, 0) is 9.53 Å². The molecule has 25 heavy (non-hydrogen) atoms. The van der Waals surface area contributed by atoms with Crippen LogP contribution in [0.1, 0.15) is 104 Å². The fourth-order valence-corrected chi connectivity index (χ4v) is 3.11. The van der Waals surface area contributed by atoms with Gasteiger partial charge in [-0.25, -0.2) is 0 Å². The summed E-state index contributed by atoms with van der Waals surface area (Å²) in [5, 5.41) is 18.2. The number of carbonyl (C=O) groups is 1. The van der Waals surface area contributed by atoms with Crippen molar-refractivity contribution in [3.63, 3.8) is 0 Å². The minimum Gasteiger partial charge on any atom is -0.457 e. The number of carbonyl (C=O) groups excluding carboxylic acids is 1. The van der Waals surface area contributed by atoms with Gasteiger partial charge in [-0.1, -0.05) is 90.9 Å². The highest BCUT2D eigenvalue weighted by Crippen LogP contribution is 2.21. The Kier molecular flexibility index (Phi) is 17.7. The number of aliphatic hydroxyl groups is 2. The van der Waals surface area contributed by atoms with Gasteiger partial charge in [-0.2, -0.15) is 0 Å². The number of unbranched alkanes of at least 4 members (excludes halogenated alkanes) is 10. The third-order valence-electron chi connectivity index (χ3n) is 4.84. The predicted molar refractivity (Wildman–Crippen MR) is 104 cm³/mol. The van der Waals surface area contributed by atoms with Crippen LogP contribution < -0.4 is 0 Å². The van der Waals surface area contributed by atoms with E-state index >= 15 is 0 Å². The summed E-state index contributed by atoms with van der Waals surface area (Å²) in [5.41, 5.74) is 0. The number of hydrogen-bond acceptors (Lipinski definition) is 4. The Labute approximate surface area is 155 Å². The number of hydrogen-bond donors (Lipinski definition) is 2. The predicted octanol–water partition coefficient (Wildman–Crippen LogP) is 5.00. The van der Waals surface area contributed by atoms with Gasteiger partial charge in [-0.15, -0.1) is 0 Å². The zero-order valence-electron chi connectivity index (χ0n) is 16.7. The summed E-state index contributed by atoms with van der Waals surface area (Å²) in [4.78, 5) is 12.4. The van der Waals surface area contributed by atoms with Crippen molar-refractivity contribution in [1.82, 2.24) is 0 Å². The smallest absolute Gasteiger partial charge is 0.309 e. The zero-order chi connectivity index (χ0) is 18.8. The average molecular weight is 359 g/mol. The molecular formula is C21H42O4. The van der Waals surface area contributed by atoms with Crippen molar-refractivity contribution in [2.75, 3.05) is 13.2 Å². The van der Waals surface area contributed by atoms with Crippen LogP contribution in [-0.4, -0.2) is 35.5 Å². The van der Waals surface area contributed by atoms with Gasteiger partial charge < -0.3 is 14.9 Å². The molecule has 2 N–H and O–H groups in total. The molecule has 0 spiro atoms. The molecule has 0 saturated carbocycles. The molecule has 0 rings (SSSR count). The minimum atomic E-state index is -0.774. The van der Waals surface area contributed by atoms with Crippen molar-refractivity contribution in [2.24, 2.45) is 5.92 Å². The lowest BCUT2D eigenvalue weighted by atomic mass is 9.94. The largest absolute Gasteiger partial charge is 0.457 e. The van der Waals surface area contributed by atoms with E-state index in [1.165, 1.54) is 64.2 Å². The molecule has 0 amide bonds. The van der Waals surface area contributed by atoms with Gasteiger partial charge >= 0.3 is 5.97 Å². The molecule has 0 aromatic heterocycles. The van der Waals surface area contributed by atoms with E-state index in [1.807, 2.05) is 0 Å². The fraction of sp³-hybridized carbons (Fsp3) is 0.952. The molecule has 0 atom stereocenters. The zero-order valence-corrected chi connectivity index (χ0v) is 16.7. The molecule has 0 aliphatic carbocycles. The summed E-state index contributed by atoms with van der Waals surface area (Å²) in [6.45, 7) is 3.79. The summed E-state index contributed by atoms with van der Waals surface area (Å²) >= 11 is 0.